The van der Waals surface area contributed by atoms with Crippen LogP contribution >= 0.6 is 22.6 Å². The van der Waals surface area contributed by atoms with E-state index in [1.807, 2.05) is 6.92 Å². The summed E-state index contributed by atoms with van der Waals surface area (Å²) in [5, 5.41) is 8.73. The lowest BCUT2D eigenvalue weighted by Gasteiger charge is -2.13. The van der Waals surface area contributed by atoms with Gasteiger partial charge in [0.1, 0.15) is 0 Å². The van der Waals surface area contributed by atoms with Crippen LogP contribution in [0.4, 0.5) is 0 Å². The summed E-state index contributed by atoms with van der Waals surface area (Å²) in [6.07, 6.45) is 14.9. The maximum Gasteiger partial charge on any atom is 0.303 e. The Morgan fingerprint density at radius 3 is 2.05 bits per heavy atom. The Balaban J connectivity index is 3.32. The van der Waals surface area contributed by atoms with Crippen LogP contribution in [-0.4, -0.2) is 15.0 Å². The third-order valence-corrected chi connectivity index (χ3v) is 5.11. The Morgan fingerprint density at radius 1 is 0.950 bits per heavy atom. The Bertz CT molecular complexity index is 231. The fourth-order valence-electron chi connectivity index (χ4n) is 2.51. The summed E-state index contributed by atoms with van der Waals surface area (Å²) in [6, 6.07) is 0. The quantitative estimate of drug-likeness (QED) is 0.215. The number of unbranched alkanes of at least 4 members (excludes halogenated alkanes) is 7. The lowest BCUT2D eigenvalue weighted by Crippen LogP contribution is -2.07. The van der Waals surface area contributed by atoms with Crippen LogP contribution in [0.2, 0.25) is 0 Å². The first-order chi connectivity index (χ1) is 9.56. The zero-order valence-corrected chi connectivity index (χ0v) is 15.5. The number of carbonyl (C=O) groups is 1. The van der Waals surface area contributed by atoms with Gasteiger partial charge in [-0.2, -0.15) is 0 Å². The third-order valence-electron chi connectivity index (χ3n) is 3.87. The fraction of sp³-hybridized carbons (Fsp3) is 0.941. The summed E-state index contributed by atoms with van der Waals surface area (Å²) in [7, 11) is 0. The second kappa shape index (κ2) is 14.2. The molecule has 120 valence electrons. The van der Waals surface area contributed by atoms with Crippen molar-refractivity contribution in [2.45, 2.75) is 94.8 Å². The van der Waals surface area contributed by atoms with E-state index in [-0.39, 0.29) is 0 Å². The summed E-state index contributed by atoms with van der Waals surface area (Å²) in [5.41, 5.74) is 0. The van der Waals surface area contributed by atoms with Crippen LogP contribution < -0.4 is 0 Å². The Morgan fingerprint density at radius 2 is 1.50 bits per heavy atom. The van der Waals surface area contributed by atoms with Crippen LogP contribution in [0.15, 0.2) is 0 Å². The molecule has 0 aromatic carbocycles. The Labute approximate surface area is 139 Å². The molecule has 0 saturated carbocycles. The van der Waals surface area contributed by atoms with Crippen molar-refractivity contribution >= 4 is 28.6 Å². The Kier molecular flexibility index (Phi) is 14.3. The highest BCUT2D eigenvalue weighted by Gasteiger charge is 2.10. The summed E-state index contributed by atoms with van der Waals surface area (Å²) in [6.45, 7) is 4.31. The first-order valence-corrected chi connectivity index (χ1v) is 9.66. The van der Waals surface area contributed by atoms with E-state index < -0.39 is 5.97 Å². The number of rotatable bonds is 14. The maximum atomic E-state index is 10.6. The van der Waals surface area contributed by atoms with Crippen molar-refractivity contribution < 1.29 is 9.90 Å². The molecule has 2 nitrogen and oxygen atoms in total. The van der Waals surface area contributed by atoms with Crippen LogP contribution in [0, 0.1) is 5.92 Å². The minimum absolute atomic E-state index is 0.321. The third kappa shape index (κ3) is 14.6. The summed E-state index contributed by atoms with van der Waals surface area (Å²) >= 11 is 2.54. The van der Waals surface area contributed by atoms with Gasteiger partial charge in [0.2, 0.25) is 0 Å². The van der Waals surface area contributed by atoms with Crippen molar-refractivity contribution in [3.05, 3.63) is 0 Å². The van der Waals surface area contributed by atoms with Crippen molar-refractivity contribution in [1.29, 1.82) is 0 Å². The molecule has 0 aliphatic carbocycles. The van der Waals surface area contributed by atoms with Crippen LogP contribution in [0.25, 0.3) is 0 Å². The molecule has 20 heavy (non-hydrogen) atoms. The van der Waals surface area contributed by atoms with Crippen molar-refractivity contribution in [1.82, 2.24) is 0 Å². The first-order valence-electron chi connectivity index (χ1n) is 8.42. The molecule has 0 aliphatic heterocycles. The molecule has 0 aliphatic rings. The van der Waals surface area contributed by atoms with Crippen LogP contribution in [0.3, 0.4) is 0 Å². The van der Waals surface area contributed by atoms with Crippen molar-refractivity contribution in [3.63, 3.8) is 0 Å². The van der Waals surface area contributed by atoms with E-state index in [4.69, 9.17) is 5.11 Å². The molecule has 0 saturated heterocycles. The predicted octanol–water partition coefficient (Wildman–Crippen LogP) is 6.21. The van der Waals surface area contributed by atoms with Gasteiger partial charge >= 0.3 is 5.97 Å². The number of halogens is 1. The van der Waals surface area contributed by atoms with Crippen molar-refractivity contribution in [2.24, 2.45) is 5.92 Å². The molecule has 0 amide bonds. The van der Waals surface area contributed by atoms with Gasteiger partial charge in [-0.05, 0) is 25.2 Å². The second-order valence-corrected chi connectivity index (χ2v) is 7.90. The largest absolute Gasteiger partial charge is 0.481 e. The smallest absolute Gasteiger partial charge is 0.303 e. The van der Waals surface area contributed by atoms with Gasteiger partial charge in [0, 0.05) is 10.3 Å². The van der Waals surface area contributed by atoms with Gasteiger partial charge < -0.3 is 5.11 Å². The molecule has 0 aromatic rings. The normalized spacial score (nSPS) is 14.2. The molecule has 0 bridgehead atoms. The zero-order valence-electron chi connectivity index (χ0n) is 13.4. The fourth-order valence-corrected chi connectivity index (χ4v) is 3.31. The SMILES string of the molecule is CCCCCCCCCCC(I)CCC(C)CC(=O)O. The molecular formula is C17H33IO2. The molecule has 2 atom stereocenters. The molecule has 0 rings (SSSR count). The highest BCUT2D eigenvalue weighted by atomic mass is 127. The van der Waals surface area contributed by atoms with Crippen molar-refractivity contribution in [2.75, 3.05) is 0 Å². The monoisotopic (exact) mass is 396 g/mol. The lowest BCUT2D eigenvalue weighted by atomic mass is 9.99. The number of carboxylic acid groups (broad SMARTS) is 1. The molecule has 0 aromatic heterocycles. The number of hydrogen-bond acceptors (Lipinski definition) is 1. The van der Waals surface area contributed by atoms with Gasteiger partial charge in [-0.15, -0.1) is 0 Å². The lowest BCUT2D eigenvalue weighted by molar-refractivity contribution is -0.138. The van der Waals surface area contributed by atoms with E-state index in [0.29, 0.717) is 12.3 Å². The molecule has 1 N–H and O–H groups in total. The first kappa shape index (κ1) is 20.2. The van der Waals surface area contributed by atoms with Crippen molar-refractivity contribution in [3.8, 4) is 0 Å². The maximum absolute atomic E-state index is 10.6. The molecule has 0 fully saturated rings. The average Bonchev–Trinajstić information content (AvgIpc) is 2.38. The van der Waals surface area contributed by atoms with Gasteiger partial charge in [-0.1, -0.05) is 87.8 Å². The van der Waals surface area contributed by atoms with E-state index >= 15 is 0 Å². The topological polar surface area (TPSA) is 37.3 Å². The standard InChI is InChI=1S/C17H33IO2/c1-3-4-5-6-7-8-9-10-11-16(18)13-12-15(2)14-17(19)20/h15-16H,3-14H2,1-2H3,(H,19,20). The summed E-state index contributed by atoms with van der Waals surface area (Å²) in [5.74, 6) is -0.339. The van der Waals surface area contributed by atoms with E-state index in [9.17, 15) is 4.79 Å². The van der Waals surface area contributed by atoms with Gasteiger partial charge in [-0.25, -0.2) is 0 Å². The number of hydrogen-bond donors (Lipinski definition) is 1. The van der Waals surface area contributed by atoms with Gasteiger partial charge in [0.25, 0.3) is 0 Å². The van der Waals surface area contributed by atoms with E-state index in [0.717, 1.165) is 10.3 Å². The van der Waals surface area contributed by atoms with Gasteiger partial charge in [-0.3, -0.25) is 4.79 Å². The molecule has 0 radical (unpaired) electrons. The van der Waals surface area contributed by atoms with Crippen LogP contribution in [0.1, 0.15) is 90.9 Å². The van der Waals surface area contributed by atoms with Crippen LogP contribution in [0.5, 0.6) is 0 Å². The average molecular weight is 396 g/mol. The number of carboxylic acids is 1. The minimum atomic E-state index is -0.661. The van der Waals surface area contributed by atoms with Gasteiger partial charge in [0.15, 0.2) is 0 Å². The highest BCUT2D eigenvalue weighted by molar-refractivity contribution is 14.1. The molecular weight excluding hydrogens is 363 g/mol. The van der Waals surface area contributed by atoms with E-state index in [1.54, 1.807) is 0 Å². The van der Waals surface area contributed by atoms with E-state index in [2.05, 4.69) is 29.5 Å². The second-order valence-electron chi connectivity index (χ2n) is 6.14. The summed E-state index contributed by atoms with van der Waals surface area (Å²) in [4.78, 5) is 10.6. The van der Waals surface area contributed by atoms with Crippen LogP contribution in [-0.2, 0) is 4.79 Å². The zero-order chi connectivity index (χ0) is 15.2. The minimum Gasteiger partial charge on any atom is -0.481 e. The molecule has 0 heterocycles. The summed E-state index contributed by atoms with van der Waals surface area (Å²) < 4.78 is 0.726. The highest BCUT2D eigenvalue weighted by Crippen LogP contribution is 2.21. The van der Waals surface area contributed by atoms with Gasteiger partial charge in [0.05, 0.1) is 0 Å². The molecule has 2 unspecified atom stereocenters. The Hall–Kier alpha value is 0.200. The molecule has 0 spiro atoms. The molecule has 3 heteroatoms. The number of aliphatic carboxylic acids is 1. The number of alkyl halides is 1. The van der Waals surface area contributed by atoms with E-state index in [1.165, 1.54) is 64.2 Å². The predicted molar refractivity (Wildman–Crippen MR) is 95.7 cm³/mol.